The van der Waals surface area contributed by atoms with Gasteiger partial charge in [-0.3, -0.25) is 15.6 Å². The summed E-state index contributed by atoms with van der Waals surface area (Å²) in [6, 6.07) is 11.3. The second kappa shape index (κ2) is 8.62. The molecule has 146 valence electrons. The predicted octanol–water partition coefficient (Wildman–Crippen LogP) is 3.90. The van der Waals surface area contributed by atoms with Gasteiger partial charge in [-0.1, -0.05) is 29.8 Å². The van der Waals surface area contributed by atoms with Gasteiger partial charge in [-0.15, -0.1) is 11.3 Å². The van der Waals surface area contributed by atoms with E-state index in [1.807, 2.05) is 36.6 Å². The van der Waals surface area contributed by atoms with Crippen molar-refractivity contribution in [2.24, 2.45) is 0 Å². The van der Waals surface area contributed by atoms with E-state index in [4.69, 9.17) is 14.2 Å². The molecule has 2 N–H and O–H groups in total. The highest BCUT2D eigenvalue weighted by Crippen LogP contribution is 2.38. The molecule has 0 aliphatic heterocycles. The maximum atomic E-state index is 12.5. The highest BCUT2D eigenvalue weighted by Gasteiger charge is 2.17. The molecule has 7 nitrogen and oxygen atoms in total. The first-order chi connectivity index (χ1) is 13.5. The smallest absolute Gasteiger partial charge is 0.269 e. The van der Waals surface area contributed by atoms with Crippen molar-refractivity contribution < 1.29 is 19.0 Å². The molecule has 3 aromatic rings. The molecule has 0 spiro atoms. The van der Waals surface area contributed by atoms with E-state index in [-0.39, 0.29) is 5.91 Å². The third-order valence-corrected chi connectivity index (χ3v) is 4.82. The average molecular weight is 399 g/mol. The minimum Gasteiger partial charge on any atom is -0.493 e. The number of hydrogen-bond acceptors (Lipinski definition) is 7. The molecular weight excluding hydrogens is 378 g/mol. The van der Waals surface area contributed by atoms with Crippen LogP contribution in [-0.2, 0) is 0 Å². The van der Waals surface area contributed by atoms with Gasteiger partial charge in [-0.05, 0) is 19.1 Å². The molecule has 0 fully saturated rings. The highest BCUT2D eigenvalue weighted by atomic mass is 32.1. The predicted molar refractivity (Wildman–Crippen MR) is 109 cm³/mol. The molecule has 1 amide bonds. The number of thiazole rings is 1. The van der Waals surface area contributed by atoms with Gasteiger partial charge in [-0.2, -0.15) is 0 Å². The van der Waals surface area contributed by atoms with Crippen LogP contribution in [0.1, 0.15) is 15.9 Å². The molecule has 1 heterocycles. The lowest BCUT2D eigenvalue weighted by Crippen LogP contribution is -2.29. The monoisotopic (exact) mass is 399 g/mol. The number of hydrazine groups is 1. The summed E-state index contributed by atoms with van der Waals surface area (Å²) in [5, 5.41) is 2.51. The Kier molecular flexibility index (Phi) is 6.00. The fraction of sp³-hybridized carbons (Fsp3) is 0.200. The van der Waals surface area contributed by atoms with Crippen LogP contribution >= 0.6 is 11.3 Å². The van der Waals surface area contributed by atoms with E-state index in [1.54, 1.807) is 12.1 Å². The maximum absolute atomic E-state index is 12.5. The molecule has 0 saturated carbocycles. The van der Waals surface area contributed by atoms with Gasteiger partial charge in [0.1, 0.15) is 0 Å². The zero-order valence-electron chi connectivity index (χ0n) is 16.0. The Morgan fingerprint density at radius 2 is 1.64 bits per heavy atom. The van der Waals surface area contributed by atoms with Crippen LogP contribution in [0, 0.1) is 6.92 Å². The first-order valence-corrected chi connectivity index (χ1v) is 9.32. The van der Waals surface area contributed by atoms with E-state index in [0.29, 0.717) is 27.9 Å². The quantitative estimate of drug-likeness (QED) is 0.587. The van der Waals surface area contributed by atoms with E-state index in [0.717, 1.165) is 11.3 Å². The molecule has 0 radical (unpaired) electrons. The van der Waals surface area contributed by atoms with Crippen LogP contribution in [0.15, 0.2) is 41.8 Å². The van der Waals surface area contributed by atoms with E-state index >= 15 is 0 Å². The first kappa shape index (κ1) is 19.5. The number of benzene rings is 2. The van der Waals surface area contributed by atoms with Crippen LogP contribution in [0.5, 0.6) is 17.2 Å². The van der Waals surface area contributed by atoms with Gasteiger partial charge in [0.15, 0.2) is 11.5 Å². The Labute approximate surface area is 167 Å². The van der Waals surface area contributed by atoms with Crippen molar-refractivity contribution in [2.45, 2.75) is 6.92 Å². The van der Waals surface area contributed by atoms with Crippen LogP contribution < -0.4 is 25.1 Å². The van der Waals surface area contributed by atoms with Crippen LogP contribution in [0.4, 0.5) is 5.13 Å². The molecule has 3 rings (SSSR count). The second-order valence-electron chi connectivity index (χ2n) is 5.90. The number of nitrogens with one attached hydrogen (secondary N) is 2. The minimum absolute atomic E-state index is 0.355. The van der Waals surface area contributed by atoms with Crippen LogP contribution in [0.2, 0.25) is 0 Å². The van der Waals surface area contributed by atoms with Crippen molar-refractivity contribution in [3.8, 4) is 28.5 Å². The molecule has 0 bridgehead atoms. The number of nitrogens with zero attached hydrogens (tertiary/aromatic N) is 1. The Morgan fingerprint density at radius 3 is 2.21 bits per heavy atom. The molecular formula is C20H21N3O4S. The molecule has 0 aliphatic carbocycles. The van der Waals surface area contributed by atoms with Gasteiger partial charge in [0.2, 0.25) is 10.9 Å². The summed E-state index contributed by atoms with van der Waals surface area (Å²) in [5.74, 6) is 0.884. The zero-order chi connectivity index (χ0) is 20.1. The topological polar surface area (TPSA) is 81.7 Å². The van der Waals surface area contributed by atoms with Gasteiger partial charge in [0, 0.05) is 16.5 Å². The number of ether oxygens (including phenoxy) is 3. The fourth-order valence-electron chi connectivity index (χ4n) is 2.58. The Bertz CT molecular complexity index is 945. The Hall–Kier alpha value is -3.26. The largest absolute Gasteiger partial charge is 0.493 e. The fourth-order valence-corrected chi connectivity index (χ4v) is 3.26. The SMILES string of the molecule is COc1cc(C(=O)NNc2nc(-c3ccc(C)cc3)cs2)cc(OC)c1OC. The maximum Gasteiger partial charge on any atom is 0.269 e. The number of aromatic nitrogens is 1. The van der Waals surface area contributed by atoms with Crippen molar-refractivity contribution in [2.75, 3.05) is 26.8 Å². The molecule has 0 saturated heterocycles. The van der Waals surface area contributed by atoms with E-state index < -0.39 is 0 Å². The summed E-state index contributed by atoms with van der Waals surface area (Å²) in [6.45, 7) is 2.04. The van der Waals surface area contributed by atoms with E-state index in [2.05, 4.69) is 15.8 Å². The lowest BCUT2D eigenvalue weighted by molar-refractivity contribution is 0.0962. The number of anilines is 1. The van der Waals surface area contributed by atoms with Crippen LogP contribution in [0.3, 0.4) is 0 Å². The summed E-state index contributed by atoms with van der Waals surface area (Å²) >= 11 is 1.40. The van der Waals surface area contributed by atoms with Crippen molar-refractivity contribution >= 4 is 22.4 Å². The van der Waals surface area contributed by atoms with Crippen molar-refractivity contribution in [1.82, 2.24) is 10.4 Å². The van der Waals surface area contributed by atoms with Crippen molar-refractivity contribution in [3.05, 3.63) is 52.9 Å². The normalized spacial score (nSPS) is 10.3. The lowest BCUT2D eigenvalue weighted by Gasteiger charge is -2.14. The van der Waals surface area contributed by atoms with Gasteiger partial charge in [0.05, 0.1) is 27.0 Å². The van der Waals surface area contributed by atoms with Gasteiger partial charge in [-0.25, -0.2) is 4.98 Å². The zero-order valence-corrected chi connectivity index (χ0v) is 16.8. The third-order valence-electron chi connectivity index (χ3n) is 4.06. The number of aryl methyl sites for hydroxylation is 1. The Morgan fingerprint density at radius 1 is 1.00 bits per heavy atom. The standard InChI is InChI=1S/C20H21N3O4S/c1-12-5-7-13(8-6-12)15-11-28-20(21-15)23-22-19(24)14-9-16(25-2)18(27-4)17(10-14)26-3/h5-11H,1-4H3,(H,21,23)(H,22,24). The number of amides is 1. The van der Waals surface area contributed by atoms with Crippen LogP contribution in [-0.4, -0.2) is 32.2 Å². The third kappa shape index (κ3) is 4.17. The average Bonchev–Trinajstić information content (AvgIpc) is 3.20. The van der Waals surface area contributed by atoms with E-state index in [9.17, 15) is 4.79 Å². The lowest BCUT2D eigenvalue weighted by atomic mass is 10.1. The molecule has 1 aromatic heterocycles. The van der Waals surface area contributed by atoms with E-state index in [1.165, 1.54) is 38.2 Å². The Balaban J connectivity index is 1.71. The second-order valence-corrected chi connectivity index (χ2v) is 6.76. The molecule has 0 atom stereocenters. The molecule has 0 aliphatic rings. The summed E-state index contributed by atoms with van der Waals surface area (Å²) in [6.07, 6.45) is 0. The van der Waals surface area contributed by atoms with Crippen molar-refractivity contribution in [1.29, 1.82) is 0 Å². The molecule has 2 aromatic carbocycles. The van der Waals surface area contributed by atoms with Crippen molar-refractivity contribution in [3.63, 3.8) is 0 Å². The highest BCUT2D eigenvalue weighted by molar-refractivity contribution is 7.14. The summed E-state index contributed by atoms with van der Waals surface area (Å²) in [7, 11) is 4.51. The molecule has 8 heteroatoms. The minimum atomic E-state index is -0.355. The molecule has 28 heavy (non-hydrogen) atoms. The number of methoxy groups -OCH3 is 3. The summed E-state index contributed by atoms with van der Waals surface area (Å²) in [4.78, 5) is 17.0. The first-order valence-electron chi connectivity index (χ1n) is 8.44. The van der Waals surface area contributed by atoms with Gasteiger partial charge < -0.3 is 14.2 Å². The number of rotatable bonds is 7. The van der Waals surface area contributed by atoms with Gasteiger partial charge in [0.25, 0.3) is 5.91 Å². The van der Waals surface area contributed by atoms with Crippen LogP contribution in [0.25, 0.3) is 11.3 Å². The number of carbonyl (C=O) groups excluding carboxylic acids is 1. The molecule has 0 unspecified atom stereocenters. The van der Waals surface area contributed by atoms with Gasteiger partial charge >= 0.3 is 0 Å². The number of carbonyl (C=O) groups is 1. The summed E-state index contributed by atoms with van der Waals surface area (Å²) in [5.41, 5.74) is 8.89. The number of hydrogen-bond donors (Lipinski definition) is 2. The summed E-state index contributed by atoms with van der Waals surface area (Å²) < 4.78 is 15.8.